The summed E-state index contributed by atoms with van der Waals surface area (Å²) in [7, 11) is 3.19. The molecule has 0 saturated heterocycles. The van der Waals surface area contributed by atoms with E-state index in [4.69, 9.17) is 4.74 Å². The van der Waals surface area contributed by atoms with Crippen molar-refractivity contribution < 1.29 is 14.5 Å². The zero-order chi connectivity index (χ0) is 16.8. The average Bonchev–Trinajstić information content (AvgIpc) is 2.59. The lowest BCUT2D eigenvalue weighted by Crippen LogP contribution is -2.26. The lowest BCUT2D eigenvalue weighted by molar-refractivity contribution is -0.384. The Morgan fingerprint density at radius 2 is 2.13 bits per heavy atom. The van der Waals surface area contributed by atoms with E-state index in [9.17, 15) is 14.9 Å². The van der Waals surface area contributed by atoms with Crippen LogP contribution in [0.25, 0.3) is 0 Å². The number of rotatable bonds is 6. The van der Waals surface area contributed by atoms with E-state index >= 15 is 0 Å². The first-order valence-corrected chi connectivity index (χ1v) is 7.01. The number of hydrogen-bond donors (Lipinski definition) is 0. The molecule has 120 valence electrons. The van der Waals surface area contributed by atoms with Gasteiger partial charge in [-0.05, 0) is 18.1 Å². The van der Waals surface area contributed by atoms with Gasteiger partial charge in [0.15, 0.2) is 0 Å². The van der Waals surface area contributed by atoms with E-state index in [1.54, 1.807) is 37.5 Å². The van der Waals surface area contributed by atoms with Gasteiger partial charge in [-0.25, -0.2) is 4.98 Å². The van der Waals surface area contributed by atoms with Gasteiger partial charge in [-0.2, -0.15) is 0 Å². The van der Waals surface area contributed by atoms with Crippen molar-refractivity contribution in [3.63, 3.8) is 0 Å². The van der Waals surface area contributed by atoms with Crippen LogP contribution in [0.3, 0.4) is 0 Å². The van der Waals surface area contributed by atoms with Crippen molar-refractivity contribution in [2.24, 2.45) is 0 Å². The number of carbonyl (C=O) groups is 1. The van der Waals surface area contributed by atoms with Crippen LogP contribution in [0.15, 0.2) is 42.6 Å². The fourth-order valence-corrected chi connectivity index (χ4v) is 2.08. The minimum Gasteiger partial charge on any atom is -0.481 e. The molecule has 0 aliphatic heterocycles. The summed E-state index contributed by atoms with van der Waals surface area (Å²) in [6.07, 6.45) is 2.25. The standard InChI is InChI=1S/C16H17N3O4/c1-18(14-7-8-15(23-2)17-11-14)16(20)9-6-12-4-3-5-13(10-12)19(21)22/h3-5,7-8,10-11H,6,9H2,1-2H3. The van der Waals surface area contributed by atoms with E-state index in [0.29, 0.717) is 18.0 Å². The Balaban J connectivity index is 1.98. The number of aromatic nitrogens is 1. The topological polar surface area (TPSA) is 85.6 Å². The molecule has 0 fully saturated rings. The Morgan fingerprint density at radius 3 is 2.74 bits per heavy atom. The second-order valence-corrected chi connectivity index (χ2v) is 4.94. The maximum Gasteiger partial charge on any atom is 0.269 e. The van der Waals surface area contributed by atoms with Crippen LogP contribution in [0.4, 0.5) is 11.4 Å². The summed E-state index contributed by atoms with van der Waals surface area (Å²) < 4.78 is 4.98. The third-order valence-corrected chi connectivity index (χ3v) is 3.44. The van der Waals surface area contributed by atoms with Crippen molar-refractivity contribution in [3.05, 3.63) is 58.3 Å². The molecule has 0 aliphatic rings. The number of amides is 1. The van der Waals surface area contributed by atoms with Crippen LogP contribution in [-0.2, 0) is 11.2 Å². The third-order valence-electron chi connectivity index (χ3n) is 3.44. The molecule has 0 saturated carbocycles. The van der Waals surface area contributed by atoms with Crippen molar-refractivity contribution in [1.29, 1.82) is 0 Å². The number of anilines is 1. The Morgan fingerprint density at radius 1 is 1.35 bits per heavy atom. The number of benzene rings is 1. The van der Waals surface area contributed by atoms with Crippen LogP contribution in [0.2, 0.25) is 0 Å². The minimum atomic E-state index is -0.444. The van der Waals surface area contributed by atoms with Crippen LogP contribution >= 0.6 is 0 Å². The van der Waals surface area contributed by atoms with Gasteiger partial charge >= 0.3 is 0 Å². The predicted octanol–water partition coefficient (Wildman–Crippen LogP) is 2.59. The number of nitro benzene ring substituents is 1. The van der Waals surface area contributed by atoms with Gasteiger partial charge in [0, 0.05) is 31.7 Å². The molecule has 0 bridgehead atoms. The molecule has 2 rings (SSSR count). The maximum absolute atomic E-state index is 12.2. The van der Waals surface area contributed by atoms with Crippen molar-refractivity contribution in [3.8, 4) is 5.88 Å². The molecule has 0 unspecified atom stereocenters. The summed E-state index contributed by atoms with van der Waals surface area (Å²) >= 11 is 0. The SMILES string of the molecule is COc1ccc(N(C)C(=O)CCc2cccc([N+](=O)[O-])c2)cn1. The molecule has 0 N–H and O–H groups in total. The molecule has 23 heavy (non-hydrogen) atoms. The number of methoxy groups -OCH3 is 1. The van der Waals surface area contributed by atoms with Crippen LogP contribution in [0.1, 0.15) is 12.0 Å². The molecule has 7 nitrogen and oxygen atoms in total. The van der Waals surface area contributed by atoms with Crippen molar-refractivity contribution >= 4 is 17.3 Å². The van der Waals surface area contributed by atoms with E-state index in [-0.39, 0.29) is 18.0 Å². The molecule has 1 amide bonds. The molecule has 0 radical (unpaired) electrons. The summed E-state index contributed by atoms with van der Waals surface area (Å²) in [5.74, 6) is 0.384. The zero-order valence-electron chi connectivity index (χ0n) is 12.9. The highest BCUT2D eigenvalue weighted by Gasteiger charge is 2.13. The van der Waals surface area contributed by atoms with Gasteiger partial charge in [0.05, 0.1) is 23.9 Å². The van der Waals surface area contributed by atoms with Crippen LogP contribution in [0.5, 0.6) is 5.88 Å². The summed E-state index contributed by atoms with van der Waals surface area (Å²) in [4.78, 5) is 28.1. The summed E-state index contributed by atoms with van der Waals surface area (Å²) in [5.41, 5.74) is 1.45. The van der Waals surface area contributed by atoms with Crippen molar-refractivity contribution in [2.45, 2.75) is 12.8 Å². The molecule has 7 heteroatoms. The first-order chi connectivity index (χ1) is 11.0. The number of pyridine rings is 1. The smallest absolute Gasteiger partial charge is 0.269 e. The van der Waals surface area contributed by atoms with Gasteiger partial charge < -0.3 is 9.64 Å². The number of ether oxygens (including phenoxy) is 1. The molecule has 0 aliphatic carbocycles. The highest BCUT2D eigenvalue weighted by Crippen LogP contribution is 2.18. The van der Waals surface area contributed by atoms with Gasteiger partial charge in [-0.15, -0.1) is 0 Å². The molecular weight excluding hydrogens is 298 g/mol. The van der Waals surface area contributed by atoms with Gasteiger partial charge in [0.1, 0.15) is 0 Å². The average molecular weight is 315 g/mol. The lowest BCUT2D eigenvalue weighted by Gasteiger charge is -2.17. The summed E-state index contributed by atoms with van der Waals surface area (Å²) in [6.45, 7) is 0. The Labute approximate surface area is 133 Å². The second kappa shape index (κ2) is 7.35. The number of nitrogens with zero attached hydrogens (tertiary/aromatic N) is 3. The molecule has 1 heterocycles. The van der Waals surface area contributed by atoms with Crippen molar-refractivity contribution in [2.75, 3.05) is 19.1 Å². The fraction of sp³-hybridized carbons (Fsp3) is 0.250. The monoisotopic (exact) mass is 315 g/mol. The van der Waals surface area contributed by atoms with Crippen LogP contribution in [-0.4, -0.2) is 30.0 Å². The molecule has 1 aromatic carbocycles. The molecule has 0 atom stereocenters. The third kappa shape index (κ3) is 4.26. The van der Waals surface area contributed by atoms with Crippen molar-refractivity contribution in [1.82, 2.24) is 4.98 Å². The highest BCUT2D eigenvalue weighted by molar-refractivity contribution is 5.92. The highest BCUT2D eigenvalue weighted by atomic mass is 16.6. The van der Waals surface area contributed by atoms with Crippen LogP contribution < -0.4 is 9.64 Å². The normalized spacial score (nSPS) is 10.2. The van der Waals surface area contributed by atoms with Gasteiger partial charge in [0.2, 0.25) is 11.8 Å². The second-order valence-electron chi connectivity index (χ2n) is 4.94. The molecule has 1 aromatic heterocycles. The number of hydrogen-bond acceptors (Lipinski definition) is 5. The first-order valence-electron chi connectivity index (χ1n) is 7.01. The van der Waals surface area contributed by atoms with E-state index in [1.165, 1.54) is 24.1 Å². The lowest BCUT2D eigenvalue weighted by atomic mass is 10.1. The number of carbonyl (C=O) groups excluding carboxylic acids is 1. The van der Waals surface area contributed by atoms with E-state index < -0.39 is 4.92 Å². The molecular formula is C16H17N3O4. The van der Waals surface area contributed by atoms with E-state index in [2.05, 4.69) is 4.98 Å². The first kappa shape index (κ1) is 16.4. The Kier molecular flexibility index (Phi) is 5.24. The predicted molar refractivity (Wildman–Crippen MR) is 85.6 cm³/mol. The zero-order valence-corrected chi connectivity index (χ0v) is 12.9. The van der Waals surface area contributed by atoms with Gasteiger partial charge in [-0.3, -0.25) is 14.9 Å². The number of nitro groups is 1. The van der Waals surface area contributed by atoms with E-state index in [0.717, 1.165) is 5.56 Å². The summed E-state index contributed by atoms with van der Waals surface area (Å²) in [5, 5.41) is 10.8. The Bertz CT molecular complexity index is 701. The van der Waals surface area contributed by atoms with E-state index in [1.807, 2.05) is 0 Å². The molecule has 0 spiro atoms. The largest absolute Gasteiger partial charge is 0.481 e. The number of aryl methyl sites for hydroxylation is 1. The van der Waals surface area contributed by atoms with Gasteiger partial charge in [-0.1, -0.05) is 12.1 Å². The van der Waals surface area contributed by atoms with Crippen LogP contribution in [0, 0.1) is 10.1 Å². The minimum absolute atomic E-state index is 0.0302. The number of non-ortho nitro benzene ring substituents is 1. The van der Waals surface area contributed by atoms with Gasteiger partial charge in [0.25, 0.3) is 5.69 Å². The quantitative estimate of drug-likeness (QED) is 0.604. The maximum atomic E-state index is 12.2. The molecule has 2 aromatic rings. The Hall–Kier alpha value is -2.96. The summed E-state index contributed by atoms with van der Waals surface area (Å²) in [6, 6.07) is 9.74. The fourth-order valence-electron chi connectivity index (χ4n) is 2.08.